The van der Waals surface area contributed by atoms with E-state index in [1.807, 2.05) is 24.1 Å². The number of anilines is 2. The van der Waals surface area contributed by atoms with Crippen molar-refractivity contribution in [1.82, 2.24) is 15.2 Å². The van der Waals surface area contributed by atoms with Gasteiger partial charge in [0.15, 0.2) is 0 Å². The first kappa shape index (κ1) is 19.9. The molecule has 5 heterocycles. The molecular weight excluding hydrogens is 426 g/mol. The van der Waals surface area contributed by atoms with Crippen molar-refractivity contribution in [2.24, 2.45) is 0 Å². The minimum absolute atomic E-state index is 0.243. The molecule has 3 aliphatic heterocycles. The second-order valence-electron chi connectivity index (χ2n) is 8.35. The summed E-state index contributed by atoms with van der Waals surface area (Å²) in [6.07, 6.45) is 6.46. The first-order chi connectivity index (χ1) is 15.8. The van der Waals surface area contributed by atoms with Gasteiger partial charge in [-0.3, -0.25) is 0 Å². The number of hydrogen-bond acceptors (Lipinski definition) is 9. The van der Waals surface area contributed by atoms with Crippen LogP contribution in [-0.2, 0) is 4.74 Å². The lowest BCUT2D eigenvalue weighted by atomic mass is 10.0. The van der Waals surface area contributed by atoms with Gasteiger partial charge in [-0.25, -0.2) is 4.98 Å². The smallest absolute Gasteiger partial charge is 0.250 e. The number of fused-ring (bicyclic) bond motifs is 5. The zero-order valence-electron chi connectivity index (χ0n) is 17.7. The largest absolute Gasteiger partial charge is 0.475 e. The van der Waals surface area contributed by atoms with Gasteiger partial charge in [0.2, 0.25) is 17.7 Å². The van der Waals surface area contributed by atoms with Gasteiger partial charge in [0.25, 0.3) is 0 Å². The molecule has 0 spiro atoms. The molecule has 2 aromatic heterocycles. The van der Waals surface area contributed by atoms with Gasteiger partial charge in [-0.15, -0.1) is 10.2 Å². The molecule has 0 atom stereocenters. The Balaban J connectivity index is 1.38. The van der Waals surface area contributed by atoms with Crippen LogP contribution >= 0.6 is 11.9 Å². The number of piperidine rings is 1. The maximum atomic E-state index is 6.12. The van der Waals surface area contributed by atoms with E-state index in [0.717, 1.165) is 53.7 Å². The minimum atomic E-state index is 0.243. The third-order valence-corrected chi connectivity index (χ3v) is 7.13. The summed E-state index contributed by atoms with van der Waals surface area (Å²) in [5.74, 6) is 1.49. The van der Waals surface area contributed by atoms with Crippen LogP contribution in [0.2, 0.25) is 0 Å². The molecule has 2 fully saturated rings. The molecule has 0 radical (unpaired) electrons. The molecule has 1 aromatic carbocycles. The molecule has 0 unspecified atom stereocenters. The standard InChI is InChI=1S/C23H25N5O3S/c1-4-19-20(14-16(1)27-32-18-2-3-18)28-9-6-17(7-10-28)29-11-12-30-21-13-15(5-8-24-21)22-25-26-23(19)31-22/h1,4-5,8,13-14,17-18,27H,2-3,6-7,9-12H2. The lowest BCUT2D eigenvalue weighted by molar-refractivity contribution is 0.0196. The Labute approximate surface area is 190 Å². The van der Waals surface area contributed by atoms with Crippen LogP contribution in [0.1, 0.15) is 25.7 Å². The molecule has 166 valence electrons. The van der Waals surface area contributed by atoms with E-state index in [-0.39, 0.29) is 6.10 Å². The van der Waals surface area contributed by atoms with E-state index in [2.05, 4.69) is 43.0 Å². The van der Waals surface area contributed by atoms with E-state index < -0.39 is 0 Å². The number of benzene rings is 1. The molecule has 7 rings (SSSR count). The Hall–Kier alpha value is -2.78. The van der Waals surface area contributed by atoms with Crippen LogP contribution < -0.4 is 14.4 Å². The summed E-state index contributed by atoms with van der Waals surface area (Å²) in [5, 5.41) is 9.42. The molecule has 6 bridgehead atoms. The molecule has 1 aliphatic carbocycles. The van der Waals surface area contributed by atoms with Gasteiger partial charge in [-0.2, -0.15) is 0 Å². The number of ether oxygens (including phenoxy) is 2. The van der Waals surface area contributed by atoms with Gasteiger partial charge in [0, 0.05) is 41.9 Å². The third-order valence-electron chi connectivity index (χ3n) is 5.97. The Kier molecular flexibility index (Phi) is 5.36. The van der Waals surface area contributed by atoms with Gasteiger partial charge in [0.05, 0.1) is 24.0 Å². The predicted molar refractivity (Wildman–Crippen MR) is 124 cm³/mol. The highest BCUT2D eigenvalue weighted by molar-refractivity contribution is 8.01. The first-order valence-corrected chi connectivity index (χ1v) is 12.1. The maximum Gasteiger partial charge on any atom is 0.250 e. The molecule has 1 N–H and O–H groups in total. The van der Waals surface area contributed by atoms with E-state index in [1.165, 1.54) is 12.8 Å². The van der Waals surface area contributed by atoms with Crippen LogP contribution in [0.4, 0.5) is 11.4 Å². The molecule has 1 saturated carbocycles. The first-order valence-electron chi connectivity index (χ1n) is 11.2. The van der Waals surface area contributed by atoms with E-state index >= 15 is 0 Å². The van der Waals surface area contributed by atoms with Gasteiger partial charge < -0.3 is 23.5 Å². The number of pyridine rings is 1. The number of nitrogens with zero attached hydrogens (tertiary/aromatic N) is 4. The molecule has 8 nitrogen and oxygen atoms in total. The van der Waals surface area contributed by atoms with Gasteiger partial charge in [0.1, 0.15) is 6.61 Å². The summed E-state index contributed by atoms with van der Waals surface area (Å²) in [6, 6.07) is 10.0. The summed E-state index contributed by atoms with van der Waals surface area (Å²) in [5.41, 5.74) is 3.95. The van der Waals surface area contributed by atoms with Crippen molar-refractivity contribution in [3.63, 3.8) is 0 Å². The molecule has 9 heteroatoms. The molecular formula is C23H25N5O3S. The molecule has 1 saturated heterocycles. The van der Waals surface area contributed by atoms with Crippen molar-refractivity contribution in [1.29, 1.82) is 0 Å². The molecule has 4 aliphatic rings. The molecule has 3 aromatic rings. The fraction of sp³-hybridized carbons (Fsp3) is 0.435. The zero-order valence-corrected chi connectivity index (χ0v) is 18.5. The number of hydrogen-bond donors (Lipinski definition) is 1. The van der Waals surface area contributed by atoms with Crippen molar-refractivity contribution in [2.45, 2.75) is 37.0 Å². The Morgan fingerprint density at radius 2 is 1.84 bits per heavy atom. The summed E-state index contributed by atoms with van der Waals surface area (Å²) in [7, 11) is 0. The number of rotatable bonds is 3. The summed E-state index contributed by atoms with van der Waals surface area (Å²) in [6.45, 7) is 2.84. The highest BCUT2D eigenvalue weighted by Crippen LogP contribution is 2.39. The lowest BCUT2D eigenvalue weighted by Crippen LogP contribution is -2.37. The average Bonchev–Trinajstić information content (AvgIpc) is 3.54. The second kappa shape index (κ2) is 8.63. The van der Waals surface area contributed by atoms with E-state index in [1.54, 1.807) is 6.20 Å². The van der Waals surface area contributed by atoms with Crippen molar-refractivity contribution in [2.75, 3.05) is 35.9 Å². The van der Waals surface area contributed by atoms with Crippen molar-refractivity contribution in [3.8, 4) is 28.8 Å². The van der Waals surface area contributed by atoms with Crippen molar-refractivity contribution >= 4 is 23.3 Å². The van der Waals surface area contributed by atoms with Crippen LogP contribution in [0, 0.1) is 0 Å². The monoisotopic (exact) mass is 451 g/mol. The van der Waals surface area contributed by atoms with Crippen LogP contribution in [0.15, 0.2) is 40.9 Å². The van der Waals surface area contributed by atoms with Crippen LogP contribution in [0.3, 0.4) is 0 Å². The summed E-state index contributed by atoms with van der Waals surface area (Å²) >= 11 is 1.81. The van der Waals surface area contributed by atoms with Gasteiger partial charge >= 0.3 is 0 Å². The van der Waals surface area contributed by atoms with Crippen LogP contribution in [-0.4, -0.2) is 52.8 Å². The summed E-state index contributed by atoms with van der Waals surface area (Å²) in [4.78, 5) is 6.68. The molecule has 0 amide bonds. The quantitative estimate of drug-likeness (QED) is 0.582. The Bertz CT molecular complexity index is 1090. The summed E-state index contributed by atoms with van der Waals surface area (Å²) < 4.78 is 21.5. The van der Waals surface area contributed by atoms with Crippen molar-refractivity contribution in [3.05, 3.63) is 36.5 Å². The zero-order chi connectivity index (χ0) is 21.3. The normalized spacial score (nSPS) is 18.8. The lowest BCUT2D eigenvalue weighted by Gasteiger charge is -2.34. The van der Waals surface area contributed by atoms with E-state index in [4.69, 9.17) is 13.9 Å². The van der Waals surface area contributed by atoms with Crippen molar-refractivity contribution < 1.29 is 13.9 Å². The predicted octanol–water partition coefficient (Wildman–Crippen LogP) is 4.40. The Morgan fingerprint density at radius 3 is 2.72 bits per heavy atom. The number of aromatic nitrogens is 3. The topological polar surface area (TPSA) is 85.5 Å². The van der Waals surface area contributed by atoms with Crippen LogP contribution in [0.25, 0.3) is 22.9 Å². The highest BCUT2D eigenvalue weighted by Gasteiger charge is 2.26. The Morgan fingerprint density at radius 1 is 0.969 bits per heavy atom. The molecule has 32 heavy (non-hydrogen) atoms. The fourth-order valence-electron chi connectivity index (χ4n) is 4.07. The second-order valence-corrected chi connectivity index (χ2v) is 9.46. The third kappa shape index (κ3) is 4.27. The van der Waals surface area contributed by atoms with Crippen LogP contribution in [0.5, 0.6) is 5.88 Å². The average molecular weight is 452 g/mol. The maximum absolute atomic E-state index is 6.12. The van der Waals surface area contributed by atoms with Gasteiger partial charge in [-0.05, 0) is 61.9 Å². The minimum Gasteiger partial charge on any atom is -0.475 e. The SMILES string of the molecule is c1cc2cc(n1)OCCOC1CCN(CC1)c1cc(NSC3CC3)ccc1-c1nnc-2o1. The van der Waals surface area contributed by atoms with Gasteiger partial charge in [-0.1, -0.05) is 0 Å². The highest BCUT2D eigenvalue weighted by atomic mass is 32.2. The fourth-order valence-corrected chi connectivity index (χ4v) is 4.87. The number of nitrogens with one attached hydrogen (secondary N) is 1. The van der Waals surface area contributed by atoms with E-state index in [9.17, 15) is 0 Å². The van der Waals surface area contributed by atoms with E-state index in [0.29, 0.717) is 30.9 Å².